The molecular formula is C23H34N4O3. The van der Waals surface area contributed by atoms with Gasteiger partial charge in [0.15, 0.2) is 17.5 Å². The number of guanidine groups is 1. The molecule has 2 aliphatic heterocycles. The fourth-order valence-electron chi connectivity index (χ4n) is 4.88. The van der Waals surface area contributed by atoms with Crippen LogP contribution >= 0.6 is 0 Å². The first-order valence-corrected chi connectivity index (χ1v) is 11.3. The average molecular weight is 415 g/mol. The number of rotatable bonds is 4. The van der Waals surface area contributed by atoms with Crippen LogP contribution in [-0.2, 0) is 10.2 Å². The number of aliphatic imine (C=N–C) groups is 1. The number of carbonyl (C=O) groups excluding carboxylic acids is 1. The maximum Gasteiger partial charge on any atom is 0.231 e. The summed E-state index contributed by atoms with van der Waals surface area (Å²) in [5, 5.41) is 3.47. The van der Waals surface area contributed by atoms with Gasteiger partial charge in [0.25, 0.3) is 0 Å². The maximum atomic E-state index is 11.7. The molecule has 7 heteroatoms. The Hall–Kier alpha value is -2.44. The Morgan fingerprint density at radius 3 is 2.47 bits per heavy atom. The third-order valence-electron chi connectivity index (χ3n) is 6.69. The molecule has 0 atom stereocenters. The highest BCUT2D eigenvalue weighted by Crippen LogP contribution is 2.43. The maximum absolute atomic E-state index is 11.7. The molecule has 164 valence electrons. The zero-order valence-electron chi connectivity index (χ0n) is 18.3. The van der Waals surface area contributed by atoms with Gasteiger partial charge in [-0.15, -0.1) is 0 Å². The summed E-state index contributed by atoms with van der Waals surface area (Å²) in [5.41, 5.74) is 1.36. The summed E-state index contributed by atoms with van der Waals surface area (Å²) in [5.74, 6) is 2.81. The van der Waals surface area contributed by atoms with Crippen molar-refractivity contribution in [3.8, 4) is 11.5 Å². The highest BCUT2D eigenvalue weighted by Gasteiger charge is 2.35. The van der Waals surface area contributed by atoms with E-state index >= 15 is 0 Å². The lowest BCUT2D eigenvalue weighted by Crippen LogP contribution is -2.53. The van der Waals surface area contributed by atoms with E-state index in [2.05, 4.69) is 29.3 Å². The minimum Gasteiger partial charge on any atom is -0.454 e. The number of carbonyl (C=O) groups is 1. The van der Waals surface area contributed by atoms with Gasteiger partial charge >= 0.3 is 0 Å². The van der Waals surface area contributed by atoms with Gasteiger partial charge in [0, 0.05) is 45.1 Å². The van der Waals surface area contributed by atoms with Crippen LogP contribution in [0.2, 0.25) is 0 Å². The number of ether oxygens (including phenoxy) is 2. The molecule has 1 aromatic rings. The minimum atomic E-state index is 0.0428. The molecular weight excluding hydrogens is 380 g/mol. The lowest BCUT2D eigenvalue weighted by Gasteiger charge is -2.39. The van der Waals surface area contributed by atoms with Gasteiger partial charge in [0.2, 0.25) is 12.7 Å². The van der Waals surface area contributed by atoms with Crippen LogP contribution in [0.5, 0.6) is 11.5 Å². The normalized spacial score (nSPS) is 20.9. The number of nitrogens with one attached hydrogen (secondary N) is 1. The monoisotopic (exact) mass is 414 g/mol. The van der Waals surface area contributed by atoms with Gasteiger partial charge in [-0.05, 0) is 37.5 Å². The van der Waals surface area contributed by atoms with E-state index < -0.39 is 0 Å². The summed E-state index contributed by atoms with van der Waals surface area (Å²) in [6, 6.07) is 6.42. The number of hydrogen-bond acceptors (Lipinski definition) is 4. The predicted octanol–water partition coefficient (Wildman–Crippen LogP) is 2.75. The van der Waals surface area contributed by atoms with Crippen LogP contribution in [0.15, 0.2) is 23.2 Å². The summed E-state index contributed by atoms with van der Waals surface area (Å²) in [6.45, 7) is 8.82. The van der Waals surface area contributed by atoms with Crippen molar-refractivity contribution in [2.45, 2.75) is 51.4 Å². The Bertz CT molecular complexity index is 781. The molecule has 1 N–H and O–H groups in total. The second-order valence-electron chi connectivity index (χ2n) is 8.57. The lowest BCUT2D eigenvalue weighted by molar-refractivity contribution is -0.130. The molecule has 3 aliphatic rings. The average Bonchev–Trinajstić information content (AvgIpc) is 3.25. The second kappa shape index (κ2) is 9.14. The van der Waals surface area contributed by atoms with Gasteiger partial charge in [0.05, 0.1) is 6.54 Å². The highest BCUT2D eigenvalue weighted by atomic mass is 16.7. The van der Waals surface area contributed by atoms with Gasteiger partial charge in [-0.3, -0.25) is 9.79 Å². The van der Waals surface area contributed by atoms with Gasteiger partial charge in [-0.2, -0.15) is 0 Å². The van der Waals surface area contributed by atoms with Crippen LogP contribution in [0.4, 0.5) is 0 Å². The first-order valence-electron chi connectivity index (χ1n) is 11.3. The van der Waals surface area contributed by atoms with Crippen LogP contribution in [0, 0.1) is 0 Å². The highest BCUT2D eigenvalue weighted by molar-refractivity contribution is 5.80. The van der Waals surface area contributed by atoms with E-state index in [1.807, 2.05) is 11.0 Å². The Morgan fingerprint density at radius 2 is 1.77 bits per heavy atom. The SMILES string of the molecule is CCNC(=NCC1(c2ccc3c(c2)OCO3)CCCCC1)N1CCN(C(C)=O)CC1. The first kappa shape index (κ1) is 20.8. The van der Waals surface area contributed by atoms with E-state index in [0.717, 1.165) is 69.6 Å². The van der Waals surface area contributed by atoms with E-state index in [-0.39, 0.29) is 11.3 Å². The summed E-state index contributed by atoms with van der Waals surface area (Å²) in [6.07, 6.45) is 6.06. The smallest absolute Gasteiger partial charge is 0.231 e. The molecule has 7 nitrogen and oxygen atoms in total. The molecule has 0 radical (unpaired) electrons. The summed E-state index contributed by atoms with van der Waals surface area (Å²) in [7, 11) is 0. The molecule has 1 saturated heterocycles. The zero-order chi connectivity index (χ0) is 21.0. The number of benzene rings is 1. The van der Waals surface area contributed by atoms with Crippen molar-refractivity contribution in [3.63, 3.8) is 0 Å². The van der Waals surface area contributed by atoms with Crippen LogP contribution < -0.4 is 14.8 Å². The molecule has 0 unspecified atom stereocenters. The number of nitrogens with zero attached hydrogens (tertiary/aromatic N) is 3. The molecule has 1 saturated carbocycles. The largest absolute Gasteiger partial charge is 0.454 e. The van der Waals surface area contributed by atoms with Crippen LogP contribution in [0.1, 0.15) is 51.5 Å². The van der Waals surface area contributed by atoms with E-state index in [0.29, 0.717) is 6.79 Å². The number of amides is 1. The van der Waals surface area contributed by atoms with Crippen molar-refractivity contribution in [1.82, 2.24) is 15.1 Å². The summed E-state index contributed by atoms with van der Waals surface area (Å²) in [4.78, 5) is 21.0. The molecule has 30 heavy (non-hydrogen) atoms. The van der Waals surface area contributed by atoms with Crippen LogP contribution in [0.25, 0.3) is 0 Å². The van der Waals surface area contributed by atoms with E-state index in [1.165, 1.54) is 24.8 Å². The number of hydrogen-bond donors (Lipinski definition) is 1. The Balaban J connectivity index is 1.54. The zero-order valence-corrected chi connectivity index (χ0v) is 18.3. The van der Waals surface area contributed by atoms with Crippen molar-refractivity contribution < 1.29 is 14.3 Å². The molecule has 0 spiro atoms. The standard InChI is InChI=1S/C23H34N4O3/c1-3-24-22(27-13-11-26(12-14-27)18(2)28)25-16-23(9-5-4-6-10-23)19-7-8-20-21(15-19)30-17-29-20/h7-8,15H,3-6,9-14,16-17H2,1-2H3,(H,24,25). The van der Waals surface area contributed by atoms with Crippen LogP contribution in [0.3, 0.4) is 0 Å². The van der Waals surface area contributed by atoms with Gasteiger partial charge in [0.1, 0.15) is 0 Å². The molecule has 0 bridgehead atoms. The van der Waals surface area contributed by atoms with Crippen molar-refractivity contribution in [2.24, 2.45) is 4.99 Å². The van der Waals surface area contributed by atoms with Crippen molar-refractivity contribution >= 4 is 11.9 Å². The fourth-order valence-corrected chi connectivity index (χ4v) is 4.88. The molecule has 1 aliphatic carbocycles. The Morgan fingerprint density at radius 1 is 1.07 bits per heavy atom. The number of piperazine rings is 1. The Labute approximate surface area is 179 Å². The molecule has 2 fully saturated rings. The predicted molar refractivity (Wildman–Crippen MR) is 117 cm³/mol. The van der Waals surface area contributed by atoms with Crippen molar-refractivity contribution in [2.75, 3.05) is 46.1 Å². The van der Waals surface area contributed by atoms with E-state index in [9.17, 15) is 4.79 Å². The minimum absolute atomic E-state index is 0.0428. The molecule has 0 aromatic heterocycles. The summed E-state index contributed by atoms with van der Waals surface area (Å²) >= 11 is 0. The van der Waals surface area contributed by atoms with Crippen molar-refractivity contribution in [3.05, 3.63) is 23.8 Å². The quantitative estimate of drug-likeness (QED) is 0.606. The topological polar surface area (TPSA) is 66.4 Å². The van der Waals surface area contributed by atoms with Gasteiger partial charge < -0.3 is 24.6 Å². The third-order valence-corrected chi connectivity index (χ3v) is 6.69. The lowest BCUT2D eigenvalue weighted by atomic mass is 9.69. The fraction of sp³-hybridized carbons (Fsp3) is 0.652. The number of fused-ring (bicyclic) bond motifs is 1. The summed E-state index contributed by atoms with van der Waals surface area (Å²) < 4.78 is 11.2. The third kappa shape index (κ3) is 4.35. The second-order valence-corrected chi connectivity index (χ2v) is 8.57. The van der Waals surface area contributed by atoms with Crippen LogP contribution in [-0.4, -0.2) is 67.7 Å². The molecule has 1 amide bonds. The first-order chi connectivity index (χ1) is 14.6. The van der Waals surface area contributed by atoms with E-state index in [1.54, 1.807) is 6.92 Å². The van der Waals surface area contributed by atoms with E-state index in [4.69, 9.17) is 14.5 Å². The molecule has 2 heterocycles. The van der Waals surface area contributed by atoms with Gasteiger partial charge in [-0.25, -0.2) is 0 Å². The molecule has 1 aromatic carbocycles. The molecule has 4 rings (SSSR count). The van der Waals surface area contributed by atoms with Crippen molar-refractivity contribution in [1.29, 1.82) is 0 Å². The van der Waals surface area contributed by atoms with Gasteiger partial charge in [-0.1, -0.05) is 25.3 Å². The Kier molecular flexibility index (Phi) is 6.35.